The molecule has 0 heterocycles. The summed E-state index contributed by atoms with van der Waals surface area (Å²) in [4.78, 5) is 0.0241. The fourth-order valence-electron chi connectivity index (χ4n) is 2.90. The van der Waals surface area contributed by atoms with Crippen LogP contribution in [-0.4, -0.2) is 22.6 Å². The normalized spacial score (nSPS) is 11.8. The number of benzene rings is 3. The van der Waals surface area contributed by atoms with Crippen LogP contribution < -0.4 is 13.8 Å². The number of halogens is 3. The molecule has 0 aliphatic heterocycles. The van der Waals surface area contributed by atoms with E-state index in [1.54, 1.807) is 24.3 Å². The van der Waals surface area contributed by atoms with Crippen LogP contribution >= 0.6 is 0 Å². The Morgan fingerprint density at radius 3 is 1.71 bits per heavy atom. The van der Waals surface area contributed by atoms with Crippen molar-refractivity contribution < 1.29 is 31.1 Å². The quantitative estimate of drug-likeness (QED) is 0.501. The summed E-state index contributed by atoms with van der Waals surface area (Å²) < 4.78 is 76.7. The predicted molar refractivity (Wildman–Crippen MR) is 111 cm³/mol. The number of nitrogens with zero attached hydrogens (tertiary/aromatic N) is 1. The van der Waals surface area contributed by atoms with Crippen LogP contribution in [0.2, 0.25) is 0 Å². The van der Waals surface area contributed by atoms with Crippen molar-refractivity contribution in [1.29, 1.82) is 0 Å². The van der Waals surface area contributed by atoms with Gasteiger partial charge in [0, 0.05) is 0 Å². The minimum atomic E-state index is -4.47. The van der Waals surface area contributed by atoms with Crippen molar-refractivity contribution in [2.24, 2.45) is 0 Å². The Kier molecular flexibility index (Phi) is 6.45. The molecule has 5 nitrogen and oxygen atoms in total. The molecular weight excluding hydrogens is 431 g/mol. The Labute approximate surface area is 178 Å². The first-order valence-corrected chi connectivity index (χ1v) is 10.6. The Hall–Kier alpha value is -3.20. The Balaban J connectivity index is 2.01. The monoisotopic (exact) mass is 451 g/mol. The summed E-state index contributed by atoms with van der Waals surface area (Å²) in [5, 5.41) is 0. The maximum absolute atomic E-state index is 13.4. The largest absolute Gasteiger partial charge is 0.497 e. The van der Waals surface area contributed by atoms with Gasteiger partial charge in [-0.3, -0.25) is 4.31 Å². The molecule has 3 aromatic carbocycles. The lowest BCUT2D eigenvalue weighted by Gasteiger charge is -2.25. The number of anilines is 1. The van der Waals surface area contributed by atoms with Gasteiger partial charge >= 0.3 is 6.18 Å². The van der Waals surface area contributed by atoms with Crippen molar-refractivity contribution in [3.8, 4) is 11.5 Å². The van der Waals surface area contributed by atoms with Crippen LogP contribution in [0.5, 0.6) is 11.5 Å². The summed E-state index contributed by atoms with van der Waals surface area (Å²) >= 11 is 0. The number of hydrogen-bond acceptors (Lipinski definition) is 4. The summed E-state index contributed by atoms with van der Waals surface area (Å²) in [5.74, 6) is 1.04. The van der Waals surface area contributed by atoms with Gasteiger partial charge in [0.05, 0.1) is 36.9 Å². The van der Waals surface area contributed by atoms with Crippen LogP contribution in [0.25, 0.3) is 0 Å². The maximum atomic E-state index is 13.4. The fourth-order valence-corrected chi connectivity index (χ4v) is 4.36. The van der Waals surface area contributed by atoms with Crippen LogP contribution in [0.4, 0.5) is 18.9 Å². The van der Waals surface area contributed by atoms with Crippen LogP contribution in [0.1, 0.15) is 11.1 Å². The molecule has 31 heavy (non-hydrogen) atoms. The van der Waals surface area contributed by atoms with Crippen molar-refractivity contribution in [1.82, 2.24) is 0 Å². The highest BCUT2D eigenvalue weighted by Crippen LogP contribution is 2.31. The predicted octanol–water partition coefficient (Wildman–Crippen LogP) is 5.12. The van der Waals surface area contributed by atoms with Crippen molar-refractivity contribution in [3.05, 3.63) is 83.9 Å². The van der Waals surface area contributed by atoms with E-state index in [1.807, 2.05) is 0 Å². The van der Waals surface area contributed by atoms with E-state index in [0.29, 0.717) is 22.7 Å². The highest BCUT2D eigenvalue weighted by molar-refractivity contribution is 7.92. The van der Waals surface area contributed by atoms with E-state index < -0.39 is 21.8 Å². The molecule has 3 aromatic rings. The average Bonchev–Trinajstić information content (AvgIpc) is 2.77. The fraction of sp³-hybridized carbons (Fsp3) is 0.182. The van der Waals surface area contributed by atoms with E-state index in [0.717, 1.165) is 16.4 Å². The van der Waals surface area contributed by atoms with Gasteiger partial charge in [-0.25, -0.2) is 8.42 Å². The van der Waals surface area contributed by atoms with Gasteiger partial charge in [-0.2, -0.15) is 13.2 Å². The molecule has 0 unspecified atom stereocenters. The van der Waals surface area contributed by atoms with Crippen molar-refractivity contribution in [2.75, 3.05) is 18.5 Å². The van der Waals surface area contributed by atoms with Gasteiger partial charge in [0.25, 0.3) is 10.0 Å². The summed E-state index contributed by atoms with van der Waals surface area (Å²) in [6.07, 6.45) is -4.47. The van der Waals surface area contributed by atoms with Gasteiger partial charge in [0.15, 0.2) is 0 Å². The highest BCUT2D eigenvalue weighted by Gasteiger charge is 2.30. The molecule has 0 saturated carbocycles. The first kappa shape index (κ1) is 22.5. The molecule has 0 bridgehead atoms. The third-order valence-electron chi connectivity index (χ3n) is 4.62. The average molecular weight is 451 g/mol. The van der Waals surface area contributed by atoms with Gasteiger partial charge in [-0.15, -0.1) is 0 Å². The van der Waals surface area contributed by atoms with Gasteiger partial charge in [0.1, 0.15) is 11.5 Å². The molecule has 9 heteroatoms. The SMILES string of the molecule is COc1ccc(N(Cc2ccc(C(F)(F)F)cc2)S(=O)(=O)c2ccc(OC)cc2)cc1. The molecule has 0 aliphatic carbocycles. The van der Waals surface area contributed by atoms with E-state index in [1.165, 1.54) is 50.6 Å². The lowest BCUT2D eigenvalue weighted by atomic mass is 10.1. The summed E-state index contributed by atoms with van der Waals surface area (Å²) in [5.41, 5.74) is -0.0531. The molecule has 0 aromatic heterocycles. The summed E-state index contributed by atoms with van der Waals surface area (Å²) in [6.45, 7) is -0.154. The summed E-state index contributed by atoms with van der Waals surface area (Å²) in [6, 6.07) is 16.6. The zero-order valence-corrected chi connectivity index (χ0v) is 17.6. The standard InChI is InChI=1S/C22H20F3NO4S/c1-29-19-9-7-18(8-10-19)26(15-16-3-5-17(6-4-16)22(23,24)25)31(27,28)21-13-11-20(30-2)12-14-21/h3-14H,15H2,1-2H3. The van der Waals surface area contributed by atoms with E-state index in [2.05, 4.69) is 0 Å². The molecular formula is C22H20F3NO4S. The van der Waals surface area contributed by atoms with E-state index in [4.69, 9.17) is 9.47 Å². The Morgan fingerprint density at radius 2 is 1.26 bits per heavy atom. The number of sulfonamides is 1. The molecule has 0 fully saturated rings. The molecule has 0 N–H and O–H groups in total. The van der Waals surface area contributed by atoms with E-state index in [9.17, 15) is 21.6 Å². The molecule has 0 aliphatic rings. The van der Waals surface area contributed by atoms with Crippen molar-refractivity contribution in [3.63, 3.8) is 0 Å². The smallest absolute Gasteiger partial charge is 0.416 e. The molecule has 0 amide bonds. The van der Waals surface area contributed by atoms with Crippen molar-refractivity contribution >= 4 is 15.7 Å². The zero-order chi connectivity index (χ0) is 22.6. The van der Waals surface area contributed by atoms with Crippen LogP contribution in [0.15, 0.2) is 77.7 Å². The van der Waals surface area contributed by atoms with Crippen LogP contribution in [0, 0.1) is 0 Å². The van der Waals surface area contributed by atoms with E-state index >= 15 is 0 Å². The first-order chi connectivity index (χ1) is 14.6. The second-order valence-electron chi connectivity index (χ2n) is 6.58. The van der Waals surface area contributed by atoms with Gasteiger partial charge in [-0.05, 0) is 66.2 Å². The summed E-state index contributed by atoms with van der Waals surface area (Å²) in [7, 11) is -1.06. The van der Waals surface area contributed by atoms with Gasteiger partial charge in [0.2, 0.25) is 0 Å². The highest BCUT2D eigenvalue weighted by atomic mass is 32.2. The molecule has 0 spiro atoms. The third kappa shape index (κ3) is 5.11. The molecule has 0 saturated heterocycles. The lowest BCUT2D eigenvalue weighted by Crippen LogP contribution is -2.30. The number of ether oxygens (including phenoxy) is 2. The number of methoxy groups -OCH3 is 2. The molecule has 0 atom stereocenters. The number of hydrogen-bond donors (Lipinski definition) is 0. The minimum absolute atomic E-state index is 0.0241. The number of alkyl halides is 3. The molecule has 0 radical (unpaired) electrons. The molecule has 164 valence electrons. The Morgan fingerprint density at radius 1 is 0.774 bits per heavy atom. The second-order valence-corrected chi connectivity index (χ2v) is 8.44. The van der Waals surface area contributed by atoms with E-state index in [-0.39, 0.29) is 11.4 Å². The third-order valence-corrected chi connectivity index (χ3v) is 6.40. The van der Waals surface area contributed by atoms with Gasteiger partial charge in [-0.1, -0.05) is 12.1 Å². The second kappa shape index (κ2) is 8.89. The topological polar surface area (TPSA) is 55.8 Å². The molecule has 3 rings (SSSR count). The van der Waals surface area contributed by atoms with Crippen molar-refractivity contribution in [2.45, 2.75) is 17.6 Å². The lowest BCUT2D eigenvalue weighted by molar-refractivity contribution is -0.137. The van der Waals surface area contributed by atoms with Gasteiger partial charge < -0.3 is 9.47 Å². The minimum Gasteiger partial charge on any atom is -0.497 e. The first-order valence-electron chi connectivity index (χ1n) is 9.12. The number of rotatable bonds is 7. The zero-order valence-electron chi connectivity index (χ0n) is 16.8. The Bertz CT molecular complexity index is 1110. The van der Waals surface area contributed by atoms with Crippen LogP contribution in [-0.2, 0) is 22.7 Å². The van der Waals surface area contributed by atoms with Crippen LogP contribution in [0.3, 0.4) is 0 Å². The maximum Gasteiger partial charge on any atom is 0.416 e.